The largest absolute Gasteiger partial charge is 0.354 e. The molecule has 5 nitrogen and oxygen atoms in total. The third-order valence-corrected chi connectivity index (χ3v) is 5.04. The van der Waals surface area contributed by atoms with Crippen molar-refractivity contribution in [3.8, 4) is 0 Å². The van der Waals surface area contributed by atoms with Crippen LogP contribution in [-0.2, 0) is 6.54 Å². The second-order valence-electron chi connectivity index (χ2n) is 4.99. The number of aryl methyl sites for hydroxylation is 1. The highest BCUT2D eigenvalue weighted by atomic mass is 127. The van der Waals surface area contributed by atoms with E-state index >= 15 is 0 Å². The molecule has 1 fully saturated rings. The molecule has 2 rings (SSSR count). The average molecular weight is 423 g/mol. The first-order chi connectivity index (χ1) is 9.74. The number of aromatic nitrogens is 2. The number of halogens is 1. The zero-order valence-corrected chi connectivity index (χ0v) is 16.2. The minimum Gasteiger partial charge on any atom is -0.354 e. The Labute approximate surface area is 149 Å². The third kappa shape index (κ3) is 5.36. The number of hydrogen-bond donors (Lipinski definition) is 1. The van der Waals surface area contributed by atoms with Crippen LogP contribution in [0.2, 0.25) is 0 Å². The number of thioether (sulfide) groups is 1. The van der Waals surface area contributed by atoms with Crippen LogP contribution in [0.1, 0.15) is 19.2 Å². The van der Waals surface area contributed by atoms with Gasteiger partial charge in [0, 0.05) is 56.6 Å². The Morgan fingerprint density at radius 2 is 2.38 bits per heavy atom. The molecule has 1 saturated heterocycles. The number of rotatable bonds is 4. The molecule has 1 atom stereocenters. The molecule has 0 aromatic carbocycles. The van der Waals surface area contributed by atoms with E-state index in [0.717, 1.165) is 43.2 Å². The van der Waals surface area contributed by atoms with Gasteiger partial charge in [0.25, 0.3) is 0 Å². The van der Waals surface area contributed by atoms with Gasteiger partial charge in [-0.2, -0.15) is 11.8 Å². The summed E-state index contributed by atoms with van der Waals surface area (Å²) in [5.41, 5.74) is 0. The van der Waals surface area contributed by atoms with Crippen molar-refractivity contribution in [2.45, 2.75) is 32.1 Å². The molecular weight excluding hydrogens is 397 g/mol. The van der Waals surface area contributed by atoms with Crippen LogP contribution in [0.25, 0.3) is 0 Å². The molecule has 0 radical (unpaired) electrons. The maximum absolute atomic E-state index is 4.42. The Bertz CT molecular complexity index is 448. The number of guanidine groups is 1. The summed E-state index contributed by atoms with van der Waals surface area (Å²) in [5.74, 6) is 3.28. The number of nitrogens with one attached hydrogen (secondary N) is 1. The van der Waals surface area contributed by atoms with Gasteiger partial charge in [0.1, 0.15) is 5.82 Å². The van der Waals surface area contributed by atoms with Gasteiger partial charge < -0.3 is 14.8 Å². The zero-order chi connectivity index (χ0) is 14.4. The molecule has 1 aromatic heterocycles. The van der Waals surface area contributed by atoms with Gasteiger partial charge in [-0.3, -0.25) is 4.99 Å². The number of imidazole rings is 1. The lowest BCUT2D eigenvalue weighted by molar-refractivity contribution is 0.406. The summed E-state index contributed by atoms with van der Waals surface area (Å²) in [6, 6.07) is 0. The maximum atomic E-state index is 4.42. The molecule has 1 unspecified atom stereocenters. The van der Waals surface area contributed by atoms with Gasteiger partial charge in [0.05, 0.1) is 0 Å². The van der Waals surface area contributed by atoms with E-state index < -0.39 is 0 Å². The first-order valence-corrected chi connectivity index (χ1v) is 8.34. The fourth-order valence-electron chi connectivity index (χ4n) is 2.42. The summed E-state index contributed by atoms with van der Waals surface area (Å²) in [4.78, 5) is 11.0. The van der Waals surface area contributed by atoms with Crippen LogP contribution in [-0.4, -0.2) is 58.1 Å². The molecule has 120 valence electrons. The highest BCUT2D eigenvalue weighted by Gasteiger charge is 2.21. The van der Waals surface area contributed by atoms with Gasteiger partial charge in [-0.25, -0.2) is 4.98 Å². The van der Waals surface area contributed by atoms with Gasteiger partial charge in [-0.15, -0.1) is 24.0 Å². The highest BCUT2D eigenvalue weighted by molar-refractivity contribution is 14.0. The van der Waals surface area contributed by atoms with Crippen LogP contribution in [0.3, 0.4) is 0 Å². The Hall–Kier alpha value is -0.440. The third-order valence-electron chi connectivity index (χ3n) is 3.66. The van der Waals surface area contributed by atoms with Gasteiger partial charge in [0.15, 0.2) is 5.96 Å². The van der Waals surface area contributed by atoms with E-state index in [1.165, 1.54) is 12.2 Å². The summed E-state index contributed by atoms with van der Waals surface area (Å²) in [7, 11) is 1.87. The van der Waals surface area contributed by atoms with E-state index in [9.17, 15) is 0 Å². The van der Waals surface area contributed by atoms with Crippen molar-refractivity contribution in [3.63, 3.8) is 0 Å². The fourth-order valence-corrected chi connectivity index (χ4v) is 3.60. The number of aliphatic imine (C=N–C) groups is 1. The number of nitrogens with zero attached hydrogens (tertiary/aromatic N) is 4. The van der Waals surface area contributed by atoms with E-state index in [2.05, 4.69) is 43.4 Å². The zero-order valence-electron chi connectivity index (χ0n) is 13.1. The monoisotopic (exact) mass is 423 g/mol. The van der Waals surface area contributed by atoms with Crippen LogP contribution >= 0.6 is 35.7 Å². The van der Waals surface area contributed by atoms with E-state index in [1.807, 2.05) is 26.4 Å². The van der Waals surface area contributed by atoms with Crippen LogP contribution < -0.4 is 5.32 Å². The van der Waals surface area contributed by atoms with Crippen molar-refractivity contribution >= 4 is 41.7 Å². The van der Waals surface area contributed by atoms with Crippen molar-refractivity contribution in [1.29, 1.82) is 0 Å². The molecule has 0 saturated carbocycles. The Morgan fingerprint density at radius 3 is 3.00 bits per heavy atom. The van der Waals surface area contributed by atoms with Gasteiger partial charge in [-0.05, 0) is 13.3 Å². The van der Waals surface area contributed by atoms with Gasteiger partial charge in [0.2, 0.25) is 0 Å². The molecule has 1 aromatic rings. The van der Waals surface area contributed by atoms with E-state index in [-0.39, 0.29) is 24.0 Å². The molecule has 1 aliphatic heterocycles. The van der Waals surface area contributed by atoms with Crippen LogP contribution in [0.4, 0.5) is 0 Å². The molecule has 0 aliphatic carbocycles. The topological polar surface area (TPSA) is 45.5 Å². The predicted molar refractivity (Wildman–Crippen MR) is 102 cm³/mol. The first-order valence-electron chi connectivity index (χ1n) is 7.29. The summed E-state index contributed by atoms with van der Waals surface area (Å²) < 4.78 is 2.15. The van der Waals surface area contributed by atoms with Crippen LogP contribution in [0, 0.1) is 6.92 Å². The summed E-state index contributed by atoms with van der Waals surface area (Å²) in [6.45, 7) is 8.28. The highest BCUT2D eigenvalue weighted by Crippen LogP contribution is 2.20. The summed E-state index contributed by atoms with van der Waals surface area (Å²) in [5, 5.41) is 4.20. The lowest BCUT2D eigenvalue weighted by Gasteiger charge is -2.34. The minimum atomic E-state index is 0. The Morgan fingerprint density at radius 1 is 1.57 bits per heavy atom. The van der Waals surface area contributed by atoms with Gasteiger partial charge in [-0.1, -0.05) is 6.92 Å². The Balaban J connectivity index is 0.00000220. The van der Waals surface area contributed by atoms with Crippen LogP contribution in [0.15, 0.2) is 17.4 Å². The normalized spacial score (nSPS) is 19.3. The molecule has 0 spiro atoms. The predicted octanol–water partition coefficient (Wildman–Crippen LogP) is 2.21. The second kappa shape index (κ2) is 9.55. The molecule has 0 amide bonds. The molecule has 2 heterocycles. The minimum absolute atomic E-state index is 0. The molecule has 0 bridgehead atoms. The van der Waals surface area contributed by atoms with E-state index in [1.54, 1.807) is 0 Å². The second-order valence-corrected chi connectivity index (χ2v) is 6.40. The van der Waals surface area contributed by atoms with Crippen molar-refractivity contribution < 1.29 is 0 Å². The standard InChI is InChI=1S/C14H25N5S.HI/c1-4-13-11-19(9-10-20-13)14(15-3)17-6-8-18-7-5-16-12(18)2;/h5,7,13H,4,6,8-11H2,1-3H3,(H,15,17);1H. The van der Waals surface area contributed by atoms with E-state index in [0.29, 0.717) is 0 Å². The smallest absolute Gasteiger partial charge is 0.193 e. The summed E-state index contributed by atoms with van der Waals surface area (Å²) >= 11 is 2.08. The van der Waals surface area contributed by atoms with E-state index in [4.69, 9.17) is 0 Å². The lowest BCUT2D eigenvalue weighted by atomic mass is 10.3. The molecule has 7 heteroatoms. The van der Waals surface area contributed by atoms with Crippen LogP contribution in [0.5, 0.6) is 0 Å². The molecule has 1 N–H and O–H groups in total. The lowest BCUT2D eigenvalue weighted by Crippen LogP contribution is -2.48. The maximum Gasteiger partial charge on any atom is 0.193 e. The molecule has 1 aliphatic rings. The quantitative estimate of drug-likeness (QED) is 0.458. The fraction of sp³-hybridized carbons (Fsp3) is 0.714. The van der Waals surface area contributed by atoms with Crippen molar-refractivity contribution in [1.82, 2.24) is 19.8 Å². The SMILES string of the molecule is CCC1CN(C(=NC)NCCn2ccnc2C)CCS1.I. The molecule has 21 heavy (non-hydrogen) atoms. The number of hydrogen-bond acceptors (Lipinski definition) is 3. The summed E-state index contributed by atoms with van der Waals surface area (Å²) in [6.07, 6.45) is 5.09. The molecular formula is C14H26IN5S. The van der Waals surface area contributed by atoms with Crippen molar-refractivity contribution in [2.75, 3.05) is 32.4 Å². The Kier molecular flexibility index (Phi) is 8.46. The van der Waals surface area contributed by atoms with Crippen molar-refractivity contribution in [2.24, 2.45) is 4.99 Å². The first kappa shape index (κ1) is 18.6. The van der Waals surface area contributed by atoms with Crippen molar-refractivity contribution in [3.05, 3.63) is 18.2 Å². The van der Waals surface area contributed by atoms with Gasteiger partial charge >= 0.3 is 0 Å². The average Bonchev–Trinajstić information content (AvgIpc) is 2.89.